The Balaban J connectivity index is 2.57. The SMILES string of the molecule is CC/C=C/C/C=C/CCCCCCCCC(O)C(=O)NC(COC1OC(CO)C(O)C(O)C1OC(=O)CCCCCCCCCCCCCCCCC/C=C\C/C=C\CCCCC)C(O)/C=C/CCCCCCCCCCCC. The molecule has 8 atom stereocenters. The third kappa shape index (κ3) is 43.7. The van der Waals surface area contributed by atoms with Gasteiger partial charge in [0.1, 0.15) is 24.4 Å². The van der Waals surface area contributed by atoms with Gasteiger partial charge in [0, 0.05) is 6.42 Å². The number of carbonyl (C=O) groups is 2. The van der Waals surface area contributed by atoms with Gasteiger partial charge in [-0.05, 0) is 83.5 Å². The molecule has 0 bridgehead atoms. The molecule has 1 rings (SSSR count). The topological polar surface area (TPSA) is 175 Å². The van der Waals surface area contributed by atoms with E-state index >= 15 is 0 Å². The Kier molecular flexibility index (Phi) is 52.6. The quantitative estimate of drug-likeness (QED) is 0.0195. The summed E-state index contributed by atoms with van der Waals surface area (Å²) in [6.45, 7) is 5.67. The van der Waals surface area contributed by atoms with Crippen molar-refractivity contribution < 1.29 is 49.3 Å². The lowest BCUT2D eigenvalue weighted by molar-refractivity contribution is -0.305. The zero-order valence-electron chi connectivity index (χ0n) is 51.0. The molecule has 0 radical (unpaired) electrons. The second-order valence-corrected chi connectivity index (χ2v) is 22.8. The summed E-state index contributed by atoms with van der Waals surface area (Å²) in [6, 6.07) is -1.03. The zero-order valence-corrected chi connectivity index (χ0v) is 51.0. The lowest BCUT2D eigenvalue weighted by Crippen LogP contribution is -2.61. The van der Waals surface area contributed by atoms with E-state index in [0.29, 0.717) is 12.8 Å². The van der Waals surface area contributed by atoms with E-state index in [-0.39, 0.29) is 19.4 Å². The van der Waals surface area contributed by atoms with Crippen molar-refractivity contribution >= 4 is 11.9 Å². The van der Waals surface area contributed by atoms with Crippen LogP contribution in [0.25, 0.3) is 0 Å². The highest BCUT2D eigenvalue weighted by Gasteiger charge is 2.47. The fraction of sp³-hybridized carbons (Fsp3) is 0.824. The Hall–Kier alpha value is -2.64. The molecule has 1 heterocycles. The Morgan fingerprint density at radius 1 is 0.506 bits per heavy atom. The summed E-state index contributed by atoms with van der Waals surface area (Å²) in [4.78, 5) is 26.6. The maximum Gasteiger partial charge on any atom is 0.306 e. The second-order valence-electron chi connectivity index (χ2n) is 22.8. The Morgan fingerprint density at radius 3 is 1.38 bits per heavy atom. The Bertz CT molecular complexity index is 1510. The van der Waals surface area contributed by atoms with E-state index < -0.39 is 67.4 Å². The number of unbranched alkanes of at least 4 members (excludes halogenated alkanes) is 34. The van der Waals surface area contributed by atoms with Gasteiger partial charge >= 0.3 is 5.97 Å². The summed E-state index contributed by atoms with van der Waals surface area (Å²) in [7, 11) is 0. The molecule has 79 heavy (non-hydrogen) atoms. The summed E-state index contributed by atoms with van der Waals surface area (Å²) in [5.74, 6) is -1.20. The third-order valence-electron chi connectivity index (χ3n) is 15.4. The first-order valence-electron chi connectivity index (χ1n) is 33.1. The van der Waals surface area contributed by atoms with Crippen molar-refractivity contribution in [2.75, 3.05) is 13.2 Å². The maximum absolute atomic E-state index is 13.4. The van der Waals surface area contributed by atoms with Crippen LogP contribution >= 0.6 is 0 Å². The number of allylic oxidation sites excluding steroid dienone is 9. The number of aliphatic hydroxyl groups is 5. The van der Waals surface area contributed by atoms with E-state index in [2.05, 4.69) is 74.7 Å². The second kappa shape index (κ2) is 55.9. The molecule has 11 heteroatoms. The van der Waals surface area contributed by atoms with Gasteiger partial charge in [-0.2, -0.15) is 0 Å². The van der Waals surface area contributed by atoms with Gasteiger partial charge in [0.25, 0.3) is 0 Å². The number of ether oxygens (including phenoxy) is 3. The van der Waals surface area contributed by atoms with Gasteiger partial charge in [0.2, 0.25) is 5.91 Å². The molecule has 6 N–H and O–H groups in total. The molecule has 460 valence electrons. The number of nitrogens with one attached hydrogen (secondary N) is 1. The van der Waals surface area contributed by atoms with Crippen LogP contribution in [-0.4, -0.2) is 99.6 Å². The van der Waals surface area contributed by atoms with E-state index in [1.165, 1.54) is 154 Å². The molecular formula is C68H123NO10. The smallest absolute Gasteiger partial charge is 0.306 e. The fourth-order valence-electron chi connectivity index (χ4n) is 10.2. The molecule has 0 aromatic rings. The van der Waals surface area contributed by atoms with Gasteiger partial charge in [0.05, 0.1) is 25.4 Å². The van der Waals surface area contributed by atoms with E-state index in [4.69, 9.17) is 14.2 Å². The van der Waals surface area contributed by atoms with Gasteiger partial charge in [0.15, 0.2) is 12.4 Å². The predicted octanol–water partition coefficient (Wildman–Crippen LogP) is 16.2. The van der Waals surface area contributed by atoms with Crippen LogP contribution in [0, 0.1) is 0 Å². The monoisotopic (exact) mass is 1110 g/mol. The molecular weight excluding hydrogens is 991 g/mol. The van der Waals surface area contributed by atoms with Crippen LogP contribution in [-0.2, 0) is 23.8 Å². The summed E-state index contributed by atoms with van der Waals surface area (Å²) in [5.41, 5.74) is 0. The zero-order chi connectivity index (χ0) is 57.5. The fourth-order valence-corrected chi connectivity index (χ4v) is 10.2. The van der Waals surface area contributed by atoms with Crippen LogP contribution in [0.15, 0.2) is 60.8 Å². The van der Waals surface area contributed by atoms with Crippen molar-refractivity contribution in [3.05, 3.63) is 60.8 Å². The molecule has 1 saturated heterocycles. The molecule has 0 spiro atoms. The Morgan fingerprint density at radius 2 is 0.911 bits per heavy atom. The largest absolute Gasteiger partial charge is 0.454 e. The van der Waals surface area contributed by atoms with Gasteiger partial charge in [-0.3, -0.25) is 9.59 Å². The normalized spacial score (nSPS) is 19.2. The van der Waals surface area contributed by atoms with Crippen molar-refractivity contribution in [1.82, 2.24) is 5.32 Å². The van der Waals surface area contributed by atoms with Crippen molar-refractivity contribution in [1.29, 1.82) is 0 Å². The first-order chi connectivity index (χ1) is 38.7. The Labute approximate surface area is 484 Å². The van der Waals surface area contributed by atoms with Crippen LogP contribution < -0.4 is 5.32 Å². The lowest BCUT2D eigenvalue weighted by atomic mass is 9.99. The minimum Gasteiger partial charge on any atom is -0.454 e. The average molecular weight is 1110 g/mol. The number of rotatable bonds is 56. The van der Waals surface area contributed by atoms with Crippen molar-refractivity contribution in [3.63, 3.8) is 0 Å². The van der Waals surface area contributed by atoms with Crippen molar-refractivity contribution in [2.24, 2.45) is 0 Å². The van der Waals surface area contributed by atoms with E-state index in [1.54, 1.807) is 6.08 Å². The van der Waals surface area contributed by atoms with Gasteiger partial charge < -0.3 is 45.1 Å². The van der Waals surface area contributed by atoms with Gasteiger partial charge in [-0.15, -0.1) is 0 Å². The molecule has 1 fully saturated rings. The van der Waals surface area contributed by atoms with Crippen LogP contribution in [0.1, 0.15) is 297 Å². The molecule has 11 nitrogen and oxygen atoms in total. The summed E-state index contributed by atoms with van der Waals surface area (Å²) in [5, 5.41) is 57.0. The minimum atomic E-state index is -1.62. The minimum absolute atomic E-state index is 0.123. The molecule has 0 aliphatic carbocycles. The first kappa shape index (κ1) is 74.4. The van der Waals surface area contributed by atoms with E-state index in [9.17, 15) is 35.1 Å². The van der Waals surface area contributed by atoms with E-state index in [1.807, 2.05) is 6.08 Å². The molecule has 0 aromatic heterocycles. The molecule has 1 amide bonds. The molecule has 0 saturated carbocycles. The molecule has 0 aromatic carbocycles. The number of esters is 1. The predicted molar refractivity (Wildman–Crippen MR) is 329 cm³/mol. The molecule has 1 aliphatic heterocycles. The molecule has 1 aliphatic rings. The lowest BCUT2D eigenvalue weighted by Gasteiger charge is -2.41. The standard InChI is InChI=1S/C68H123NO10/c1-4-7-10-13-16-19-22-25-26-27-28-29-30-31-32-33-34-35-36-38-41-44-47-50-53-56-63(73)79-66-65(75)64(74)62(57-70)78-68(66)77-58-59(60(71)54-51-48-45-42-39-24-21-18-15-12-9-6-3)69-67(76)61(72)55-52-49-46-43-40-37-23-20-17-14-11-8-5-2/h8,11,16-17,19-20,25-26,51,54,59-62,64-66,68,70-72,74-75H,4-7,9-10,12-15,18,21-24,27-50,52-53,55-58H2,1-3H3,(H,69,76)/b11-8+,19-16-,20-17+,26-25-,54-51+. The molecule has 8 unspecified atom stereocenters. The van der Waals surface area contributed by atoms with Crippen molar-refractivity contribution in [2.45, 2.75) is 346 Å². The highest BCUT2D eigenvalue weighted by Crippen LogP contribution is 2.26. The number of carbonyl (C=O) groups excluding carboxylic acids is 2. The number of amides is 1. The number of hydrogen-bond donors (Lipinski definition) is 6. The van der Waals surface area contributed by atoms with Crippen LogP contribution in [0.3, 0.4) is 0 Å². The maximum atomic E-state index is 13.4. The number of aliphatic hydroxyl groups excluding tert-OH is 5. The highest BCUT2D eigenvalue weighted by atomic mass is 16.7. The summed E-state index contributed by atoms with van der Waals surface area (Å²) < 4.78 is 17.6. The number of hydrogen-bond acceptors (Lipinski definition) is 10. The van der Waals surface area contributed by atoms with Crippen LogP contribution in [0.4, 0.5) is 0 Å². The van der Waals surface area contributed by atoms with Gasteiger partial charge in [-0.1, -0.05) is 268 Å². The van der Waals surface area contributed by atoms with Crippen molar-refractivity contribution in [3.8, 4) is 0 Å². The third-order valence-corrected chi connectivity index (χ3v) is 15.4. The van der Waals surface area contributed by atoms with Crippen LogP contribution in [0.5, 0.6) is 0 Å². The van der Waals surface area contributed by atoms with Crippen LogP contribution in [0.2, 0.25) is 0 Å². The van der Waals surface area contributed by atoms with Gasteiger partial charge in [-0.25, -0.2) is 0 Å². The average Bonchev–Trinajstić information content (AvgIpc) is 3.46. The summed E-state index contributed by atoms with van der Waals surface area (Å²) in [6.07, 6.45) is 59.8. The van der Waals surface area contributed by atoms with E-state index in [0.717, 1.165) is 96.3 Å². The highest BCUT2D eigenvalue weighted by molar-refractivity contribution is 5.80. The summed E-state index contributed by atoms with van der Waals surface area (Å²) >= 11 is 0. The first-order valence-corrected chi connectivity index (χ1v) is 33.1.